The molecule has 2 aromatic rings. The molecule has 3 rings (SSSR count). The Morgan fingerprint density at radius 1 is 1.08 bits per heavy atom. The molecular formula is C16H16ClFN2O4S2. The van der Waals surface area contributed by atoms with Gasteiger partial charge in [-0.2, -0.15) is 0 Å². The van der Waals surface area contributed by atoms with Crippen molar-refractivity contribution >= 4 is 43.0 Å². The van der Waals surface area contributed by atoms with E-state index in [1.54, 1.807) is 0 Å². The average Bonchev–Trinajstić information content (AvgIpc) is 2.58. The third kappa shape index (κ3) is 3.94. The summed E-state index contributed by atoms with van der Waals surface area (Å²) < 4.78 is 65.9. The summed E-state index contributed by atoms with van der Waals surface area (Å²) in [4.78, 5) is -0.0453. The molecule has 1 aliphatic rings. The zero-order chi connectivity index (χ0) is 18.9. The minimum absolute atomic E-state index is 0.0453. The molecule has 0 saturated carbocycles. The lowest BCUT2D eigenvalue weighted by Gasteiger charge is -2.28. The SMILES string of the molecule is O=S(=O)(Nc1ccc(F)c(Cl)c1)c1ccc(N2CCCCS2(=O)=O)cc1. The van der Waals surface area contributed by atoms with Crippen LogP contribution in [0.4, 0.5) is 15.8 Å². The molecule has 0 spiro atoms. The second-order valence-corrected chi connectivity index (χ2v) is 9.93. The Morgan fingerprint density at radius 3 is 2.38 bits per heavy atom. The molecular weight excluding hydrogens is 403 g/mol. The standard InChI is InChI=1S/C16H16ClFN2O4S2/c17-15-11-12(3-8-16(15)18)19-26(23,24)14-6-4-13(5-7-14)20-9-1-2-10-25(20,21)22/h3-8,11,19H,1-2,9-10H2. The lowest BCUT2D eigenvalue weighted by Crippen LogP contribution is -2.37. The predicted molar refractivity (Wildman–Crippen MR) is 99.0 cm³/mol. The van der Waals surface area contributed by atoms with E-state index in [1.807, 2.05) is 0 Å². The first-order valence-corrected chi connectivity index (χ1v) is 11.2. The summed E-state index contributed by atoms with van der Waals surface area (Å²) >= 11 is 5.65. The molecule has 0 radical (unpaired) electrons. The van der Waals surface area contributed by atoms with Crippen LogP contribution in [0.5, 0.6) is 0 Å². The number of nitrogens with zero attached hydrogens (tertiary/aromatic N) is 1. The third-order valence-electron chi connectivity index (χ3n) is 3.96. The van der Waals surface area contributed by atoms with E-state index < -0.39 is 25.9 Å². The van der Waals surface area contributed by atoms with E-state index in [-0.39, 0.29) is 21.4 Å². The maximum Gasteiger partial charge on any atom is 0.261 e. The highest BCUT2D eigenvalue weighted by Crippen LogP contribution is 2.26. The van der Waals surface area contributed by atoms with E-state index >= 15 is 0 Å². The number of rotatable bonds is 4. The van der Waals surface area contributed by atoms with E-state index in [0.29, 0.717) is 18.7 Å². The first-order valence-electron chi connectivity index (χ1n) is 7.77. The molecule has 0 amide bonds. The van der Waals surface area contributed by atoms with Crippen LogP contribution in [0.1, 0.15) is 12.8 Å². The first-order chi connectivity index (χ1) is 12.2. The van der Waals surface area contributed by atoms with Gasteiger partial charge in [-0.05, 0) is 55.3 Å². The highest BCUT2D eigenvalue weighted by molar-refractivity contribution is 7.93. The van der Waals surface area contributed by atoms with Gasteiger partial charge in [-0.15, -0.1) is 0 Å². The van der Waals surface area contributed by atoms with Crippen LogP contribution in [0.2, 0.25) is 5.02 Å². The molecule has 0 bridgehead atoms. The summed E-state index contributed by atoms with van der Waals surface area (Å²) in [5.41, 5.74) is 0.549. The van der Waals surface area contributed by atoms with Crippen molar-refractivity contribution in [1.82, 2.24) is 0 Å². The lowest BCUT2D eigenvalue weighted by molar-refractivity contribution is 0.574. The van der Waals surface area contributed by atoms with Crippen molar-refractivity contribution in [3.63, 3.8) is 0 Å². The van der Waals surface area contributed by atoms with Crippen LogP contribution in [0, 0.1) is 5.82 Å². The Bertz CT molecular complexity index is 1020. The fourth-order valence-electron chi connectivity index (χ4n) is 2.64. The molecule has 1 saturated heterocycles. The van der Waals surface area contributed by atoms with Crippen LogP contribution in [0.3, 0.4) is 0 Å². The largest absolute Gasteiger partial charge is 0.280 e. The van der Waals surface area contributed by atoms with Gasteiger partial charge in [0.25, 0.3) is 10.0 Å². The minimum atomic E-state index is -3.92. The van der Waals surface area contributed by atoms with Crippen LogP contribution in [0.15, 0.2) is 47.4 Å². The fraction of sp³-hybridized carbons (Fsp3) is 0.250. The number of benzene rings is 2. The molecule has 6 nitrogen and oxygen atoms in total. The fourth-order valence-corrected chi connectivity index (χ4v) is 5.51. The summed E-state index contributed by atoms with van der Waals surface area (Å²) in [6.45, 7) is 0.376. The molecule has 2 aromatic carbocycles. The first kappa shape index (κ1) is 18.9. The number of anilines is 2. The highest BCUT2D eigenvalue weighted by Gasteiger charge is 2.26. The summed E-state index contributed by atoms with van der Waals surface area (Å²) in [7, 11) is -7.28. The number of hydrogen-bond acceptors (Lipinski definition) is 4. The normalized spacial score (nSPS) is 17.1. The second kappa shape index (κ2) is 7.05. The molecule has 140 valence electrons. The van der Waals surface area contributed by atoms with Crippen molar-refractivity contribution in [3.8, 4) is 0 Å². The van der Waals surface area contributed by atoms with Crippen molar-refractivity contribution in [2.75, 3.05) is 21.3 Å². The zero-order valence-electron chi connectivity index (χ0n) is 13.5. The van der Waals surface area contributed by atoms with Crippen LogP contribution in [0.25, 0.3) is 0 Å². The monoisotopic (exact) mass is 418 g/mol. The molecule has 1 fully saturated rings. The molecule has 1 heterocycles. The van der Waals surface area contributed by atoms with Gasteiger partial charge < -0.3 is 0 Å². The Hall–Kier alpha value is -1.84. The van der Waals surface area contributed by atoms with Crippen molar-refractivity contribution in [2.45, 2.75) is 17.7 Å². The Kier molecular flexibility index (Phi) is 5.14. The Labute approximate surface area is 156 Å². The van der Waals surface area contributed by atoms with E-state index in [4.69, 9.17) is 11.6 Å². The molecule has 0 atom stereocenters. The average molecular weight is 419 g/mol. The smallest absolute Gasteiger partial charge is 0.261 e. The quantitative estimate of drug-likeness (QED) is 0.826. The van der Waals surface area contributed by atoms with Crippen molar-refractivity contribution in [3.05, 3.63) is 53.3 Å². The number of hydrogen-bond donors (Lipinski definition) is 1. The molecule has 1 N–H and O–H groups in total. The van der Waals surface area contributed by atoms with Gasteiger partial charge in [0.2, 0.25) is 10.0 Å². The van der Waals surface area contributed by atoms with E-state index in [0.717, 1.165) is 12.5 Å². The highest BCUT2D eigenvalue weighted by atomic mass is 35.5. The topological polar surface area (TPSA) is 83.6 Å². The minimum Gasteiger partial charge on any atom is -0.280 e. The van der Waals surface area contributed by atoms with Gasteiger partial charge in [-0.25, -0.2) is 21.2 Å². The number of nitrogens with one attached hydrogen (secondary N) is 1. The molecule has 0 unspecified atom stereocenters. The number of halogens is 2. The summed E-state index contributed by atoms with van der Waals surface area (Å²) in [5, 5.41) is -0.198. The second-order valence-electron chi connectivity index (χ2n) is 5.82. The summed E-state index contributed by atoms with van der Waals surface area (Å²) in [6, 6.07) is 9.05. The molecule has 26 heavy (non-hydrogen) atoms. The lowest BCUT2D eigenvalue weighted by atomic mass is 10.3. The van der Waals surface area contributed by atoms with Gasteiger partial charge >= 0.3 is 0 Å². The van der Waals surface area contributed by atoms with Gasteiger partial charge in [0.15, 0.2) is 0 Å². The predicted octanol–water partition coefficient (Wildman–Crippen LogP) is 3.21. The van der Waals surface area contributed by atoms with Crippen LogP contribution in [-0.2, 0) is 20.0 Å². The molecule has 10 heteroatoms. The van der Waals surface area contributed by atoms with E-state index in [2.05, 4.69) is 4.72 Å². The summed E-state index contributed by atoms with van der Waals surface area (Å²) in [6.07, 6.45) is 1.38. The number of sulfonamides is 2. The Balaban J connectivity index is 1.84. The van der Waals surface area contributed by atoms with Crippen LogP contribution >= 0.6 is 11.6 Å². The van der Waals surface area contributed by atoms with Crippen LogP contribution < -0.4 is 9.03 Å². The maximum atomic E-state index is 13.2. The van der Waals surface area contributed by atoms with Gasteiger partial charge in [-0.1, -0.05) is 11.6 Å². The van der Waals surface area contributed by atoms with Gasteiger partial charge in [-0.3, -0.25) is 9.03 Å². The van der Waals surface area contributed by atoms with Gasteiger partial charge in [0, 0.05) is 6.54 Å². The molecule has 1 aliphatic heterocycles. The van der Waals surface area contributed by atoms with Gasteiger partial charge in [0.1, 0.15) is 5.82 Å². The Morgan fingerprint density at radius 2 is 1.77 bits per heavy atom. The third-order valence-corrected chi connectivity index (χ3v) is 7.51. The van der Waals surface area contributed by atoms with E-state index in [9.17, 15) is 21.2 Å². The van der Waals surface area contributed by atoms with Gasteiger partial charge in [0.05, 0.1) is 27.0 Å². The van der Waals surface area contributed by atoms with Crippen LogP contribution in [-0.4, -0.2) is 29.1 Å². The van der Waals surface area contributed by atoms with E-state index in [1.165, 1.54) is 40.7 Å². The van der Waals surface area contributed by atoms with Crippen molar-refractivity contribution in [1.29, 1.82) is 0 Å². The maximum absolute atomic E-state index is 13.2. The zero-order valence-corrected chi connectivity index (χ0v) is 15.9. The van der Waals surface area contributed by atoms with Crippen molar-refractivity contribution in [2.24, 2.45) is 0 Å². The summed E-state index contributed by atoms with van der Waals surface area (Å²) in [5.74, 6) is -0.568. The molecule has 0 aliphatic carbocycles. The van der Waals surface area contributed by atoms with Crippen molar-refractivity contribution < 1.29 is 21.2 Å². The molecule has 0 aromatic heterocycles.